The first-order chi connectivity index (χ1) is 16.7. The normalized spacial score (nSPS) is 11.9. The van der Waals surface area contributed by atoms with Gasteiger partial charge in [0.2, 0.25) is 9.84 Å². The lowest BCUT2D eigenvalue weighted by molar-refractivity contribution is 0.474. The number of hydrogen-bond acceptors (Lipinski definition) is 6. The number of hydrogen-bond donors (Lipinski definition) is 2. The van der Waals surface area contributed by atoms with Crippen molar-refractivity contribution in [1.82, 2.24) is 0 Å². The zero-order chi connectivity index (χ0) is 25.0. The predicted molar refractivity (Wildman–Crippen MR) is 144 cm³/mol. The van der Waals surface area contributed by atoms with E-state index in [4.69, 9.17) is 0 Å². The Labute approximate surface area is 219 Å². The quantitative estimate of drug-likeness (QED) is 0.230. The number of benzene rings is 4. The van der Waals surface area contributed by atoms with E-state index in [1.165, 1.54) is 36.7 Å². The van der Waals surface area contributed by atoms with E-state index in [0.717, 1.165) is 8.95 Å². The summed E-state index contributed by atoms with van der Waals surface area (Å²) in [6.07, 6.45) is 3.02. The van der Waals surface area contributed by atoms with Crippen molar-refractivity contribution >= 4 is 65.5 Å². The summed E-state index contributed by atoms with van der Waals surface area (Å²) >= 11 is 6.69. The van der Waals surface area contributed by atoms with Crippen LogP contribution in [0, 0.1) is 0 Å². The van der Waals surface area contributed by atoms with Crippen molar-refractivity contribution in [2.75, 3.05) is 0 Å². The molecule has 6 nitrogen and oxygen atoms in total. The summed E-state index contributed by atoms with van der Waals surface area (Å²) in [5.41, 5.74) is 2.16. The standard InChI is InChI=1S/C26H18Br2N2O4S/c27-19-1-11-25(31)17(13-19)15-29-21-3-7-23(8-4-21)35(33,34)24-9-5-22(6-10-24)30-16-18-14-20(28)2-12-26(18)32/h1-16,31-32H. The van der Waals surface area contributed by atoms with Gasteiger partial charge in [0, 0.05) is 32.5 Å². The van der Waals surface area contributed by atoms with Crippen LogP contribution in [0.3, 0.4) is 0 Å². The van der Waals surface area contributed by atoms with E-state index >= 15 is 0 Å². The molecule has 0 spiro atoms. The minimum absolute atomic E-state index is 0.0948. The molecular weight excluding hydrogens is 596 g/mol. The number of nitrogens with zero attached hydrogens (tertiary/aromatic N) is 2. The van der Waals surface area contributed by atoms with Gasteiger partial charge < -0.3 is 10.2 Å². The molecule has 0 amide bonds. The minimum Gasteiger partial charge on any atom is -0.507 e. The molecule has 2 N–H and O–H groups in total. The molecule has 4 rings (SSSR count). The molecule has 0 atom stereocenters. The average Bonchev–Trinajstić information content (AvgIpc) is 2.85. The fourth-order valence-electron chi connectivity index (χ4n) is 3.10. The van der Waals surface area contributed by atoms with Gasteiger partial charge in [0.15, 0.2) is 0 Å². The van der Waals surface area contributed by atoms with Gasteiger partial charge in [-0.15, -0.1) is 0 Å². The lowest BCUT2D eigenvalue weighted by Gasteiger charge is -2.06. The number of rotatable bonds is 6. The van der Waals surface area contributed by atoms with Crippen LogP contribution in [-0.2, 0) is 9.84 Å². The first-order valence-electron chi connectivity index (χ1n) is 10.2. The van der Waals surface area contributed by atoms with Crippen molar-refractivity contribution in [3.63, 3.8) is 0 Å². The minimum atomic E-state index is -3.73. The summed E-state index contributed by atoms with van der Waals surface area (Å²) < 4.78 is 27.7. The summed E-state index contributed by atoms with van der Waals surface area (Å²) in [5.74, 6) is 0.190. The maximum Gasteiger partial charge on any atom is 0.206 e. The summed E-state index contributed by atoms with van der Waals surface area (Å²) in [6.45, 7) is 0. The van der Waals surface area contributed by atoms with Gasteiger partial charge in [0.25, 0.3) is 0 Å². The Balaban J connectivity index is 1.50. The third kappa shape index (κ3) is 6.05. The van der Waals surface area contributed by atoms with Gasteiger partial charge in [-0.3, -0.25) is 9.98 Å². The number of phenolic OH excluding ortho intramolecular Hbond substituents is 2. The molecule has 0 fully saturated rings. The van der Waals surface area contributed by atoms with Crippen LogP contribution in [0.25, 0.3) is 0 Å². The number of halogens is 2. The van der Waals surface area contributed by atoms with Crippen molar-refractivity contribution in [3.05, 3.63) is 105 Å². The molecule has 4 aromatic carbocycles. The Morgan fingerprint density at radius 1 is 0.600 bits per heavy atom. The second-order valence-electron chi connectivity index (χ2n) is 7.41. The highest BCUT2D eigenvalue weighted by atomic mass is 79.9. The third-order valence-corrected chi connectivity index (χ3v) is 7.75. The molecule has 0 saturated carbocycles. The van der Waals surface area contributed by atoms with Crippen LogP contribution in [0.15, 0.2) is 114 Å². The average molecular weight is 614 g/mol. The van der Waals surface area contributed by atoms with Crippen molar-refractivity contribution in [2.24, 2.45) is 9.98 Å². The first-order valence-corrected chi connectivity index (χ1v) is 13.3. The van der Waals surface area contributed by atoms with Crippen molar-refractivity contribution in [3.8, 4) is 11.5 Å². The maximum atomic E-state index is 13.0. The van der Waals surface area contributed by atoms with Crippen LogP contribution < -0.4 is 0 Å². The molecule has 0 aliphatic carbocycles. The smallest absolute Gasteiger partial charge is 0.206 e. The van der Waals surface area contributed by atoms with Gasteiger partial charge in [-0.25, -0.2) is 8.42 Å². The molecule has 0 aliphatic rings. The Morgan fingerprint density at radius 2 is 0.971 bits per heavy atom. The molecule has 0 radical (unpaired) electrons. The fraction of sp³-hybridized carbons (Fsp3) is 0. The number of aliphatic imine (C=N–C) groups is 2. The first kappa shape index (κ1) is 24.8. The molecule has 0 bridgehead atoms. The second kappa shape index (κ2) is 10.6. The molecule has 176 valence electrons. The Hall–Kier alpha value is -3.27. The molecule has 0 saturated heterocycles. The predicted octanol–water partition coefficient (Wildman–Crippen LogP) is 6.96. The van der Waals surface area contributed by atoms with Gasteiger partial charge >= 0.3 is 0 Å². The topological polar surface area (TPSA) is 99.3 Å². The van der Waals surface area contributed by atoms with Crippen LogP contribution >= 0.6 is 31.9 Å². The molecule has 0 unspecified atom stereocenters. The largest absolute Gasteiger partial charge is 0.507 e. The number of aromatic hydroxyl groups is 2. The fourth-order valence-corrected chi connectivity index (χ4v) is 5.12. The molecular formula is C26H18Br2N2O4S. The lowest BCUT2D eigenvalue weighted by Crippen LogP contribution is -2.01. The lowest BCUT2D eigenvalue weighted by atomic mass is 10.2. The summed E-state index contributed by atoms with van der Waals surface area (Å²) in [6, 6.07) is 22.4. The van der Waals surface area contributed by atoms with Crippen molar-refractivity contribution in [2.45, 2.75) is 9.79 Å². The Morgan fingerprint density at radius 3 is 1.34 bits per heavy atom. The zero-order valence-corrected chi connectivity index (χ0v) is 22.0. The van der Waals surface area contributed by atoms with E-state index in [0.29, 0.717) is 22.5 Å². The van der Waals surface area contributed by atoms with E-state index in [9.17, 15) is 18.6 Å². The monoisotopic (exact) mass is 612 g/mol. The Kier molecular flexibility index (Phi) is 7.49. The molecule has 9 heteroatoms. The van der Waals surface area contributed by atoms with Crippen LogP contribution in [0.5, 0.6) is 11.5 Å². The van der Waals surface area contributed by atoms with E-state index in [1.54, 1.807) is 60.7 Å². The van der Waals surface area contributed by atoms with Crippen LogP contribution in [0.1, 0.15) is 11.1 Å². The third-order valence-electron chi connectivity index (χ3n) is 4.98. The van der Waals surface area contributed by atoms with Crippen molar-refractivity contribution < 1.29 is 18.6 Å². The highest BCUT2D eigenvalue weighted by Gasteiger charge is 2.17. The molecule has 4 aromatic rings. The summed E-state index contributed by atoms with van der Waals surface area (Å²) in [5, 5.41) is 19.8. The highest BCUT2D eigenvalue weighted by Crippen LogP contribution is 2.27. The zero-order valence-electron chi connectivity index (χ0n) is 18.0. The second-order valence-corrected chi connectivity index (χ2v) is 11.2. The van der Waals surface area contributed by atoms with Crippen LogP contribution in [0.4, 0.5) is 11.4 Å². The van der Waals surface area contributed by atoms with E-state index < -0.39 is 9.84 Å². The van der Waals surface area contributed by atoms with Crippen LogP contribution in [0.2, 0.25) is 0 Å². The Bertz CT molecular complexity index is 1420. The van der Waals surface area contributed by atoms with Gasteiger partial charge in [0.05, 0.1) is 21.2 Å². The van der Waals surface area contributed by atoms with Crippen LogP contribution in [-0.4, -0.2) is 31.1 Å². The van der Waals surface area contributed by atoms with Gasteiger partial charge in [0.1, 0.15) is 11.5 Å². The maximum absolute atomic E-state index is 13.0. The van der Waals surface area contributed by atoms with E-state index in [-0.39, 0.29) is 21.3 Å². The molecule has 0 heterocycles. The van der Waals surface area contributed by atoms with E-state index in [1.807, 2.05) is 0 Å². The van der Waals surface area contributed by atoms with Gasteiger partial charge in [-0.05, 0) is 84.9 Å². The summed E-state index contributed by atoms with van der Waals surface area (Å²) in [4.78, 5) is 8.88. The number of sulfone groups is 1. The van der Waals surface area contributed by atoms with Gasteiger partial charge in [-0.1, -0.05) is 31.9 Å². The molecule has 0 aliphatic heterocycles. The highest BCUT2D eigenvalue weighted by molar-refractivity contribution is 9.10. The molecule has 0 aromatic heterocycles. The SMILES string of the molecule is O=S(=O)(c1ccc(N=Cc2cc(Br)ccc2O)cc1)c1ccc(N=Cc2cc(Br)ccc2O)cc1. The number of phenols is 2. The van der Waals surface area contributed by atoms with E-state index in [2.05, 4.69) is 41.8 Å². The van der Waals surface area contributed by atoms with Crippen molar-refractivity contribution in [1.29, 1.82) is 0 Å². The summed E-state index contributed by atoms with van der Waals surface area (Å²) in [7, 11) is -3.73. The molecule has 35 heavy (non-hydrogen) atoms. The van der Waals surface area contributed by atoms with Gasteiger partial charge in [-0.2, -0.15) is 0 Å².